The summed E-state index contributed by atoms with van der Waals surface area (Å²) < 4.78 is 46.6. The Balaban J connectivity index is 1.30. The van der Waals surface area contributed by atoms with Gasteiger partial charge in [-0.2, -0.15) is 0 Å². The first-order chi connectivity index (χ1) is 21.2. The van der Waals surface area contributed by atoms with Crippen molar-refractivity contribution in [3.63, 3.8) is 0 Å². The largest absolute Gasteiger partial charge is 0.504 e. The summed E-state index contributed by atoms with van der Waals surface area (Å²) in [6.07, 6.45) is 6.07. The Labute approximate surface area is 250 Å². The van der Waals surface area contributed by atoms with Gasteiger partial charge >= 0.3 is 0 Å². The molecule has 0 saturated carbocycles. The normalized spacial score (nSPS) is 14.6. The van der Waals surface area contributed by atoms with Crippen LogP contribution in [-0.2, 0) is 4.74 Å². The topological polar surface area (TPSA) is 132 Å². The number of ether oxygens (including phenoxy) is 3. The molecule has 10 nitrogen and oxygen atoms in total. The number of aromatic nitrogens is 2. The molecule has 5 rings (SSSR count). The molecule has 1 amide bonds. The Bertz CT molecular complexity index is 1820. The lowest BCUT2D eigenvalue weighted by Gasteiger charge is -2.18. The van der Waals surface area contributed by atoms with Gasteiger partial charge in [-0.15, -0.1) is 0 Å². The Hall–Kier alpha value is -5.07. The molecular weight excluding hydrogens is 576 g/mol. The monoisotopic (exact) mass is 605 g/mol. The zero-order valence-corrected chi connectivity index (χ0v) is 23.6. The van der Waals surface area contributed by atoms with Crippen molar-refractivity contribution in [1.82, 2.24) is 9.55 Å². The molecule has 4 aromatic rings. The van der Waals surface area contributed by atoms with Crippen LogP contribution in [0, 0.1) is 11.7 Å². The predicted octanol–water partition coefficient (Wildman–Crippen LogP) is 5.41. The maximum atomic E-state index is 15.1. The summed E-state index contributed by atoms with van der Waals surface area (Å²) in [5.74, 6) is -2.16. The van der Waals surface area contributed by atoms with Gasteiger partial charge in [0.05, 0.1) is 25.3 Å². The molecule has 1 aliphatic rings. The number of pyridine rings is 2. The van der Waals surface area contributed by atoms with Crippen molar-refractivity contribution in [3.8, 4) is 23.0 Å². The van der Waals surface area contributed by atoms with E-state index in [0.29, 0.717) is 23.0 Å². The summed E-state index contributed by atoms with van der Waals surface area (Å²) in [6.45, 7) is 2.12. The van der Waals surface area contributed by atoms with E-state index < -0.39 is 17.3 Å². The molecule has 1 unspecified atom stereocenters. The number of hydrogen-bond acceptors (Lipinski definition) is 8. The summed E-state index contributed by atoms with van der Waals surface area (Å²) >= 11 is 0. The lowest BCUT2D eigenvalue weighted by molar-refractivity contribution is 0.0699. The highest BCUT2D eigenvalue weighted by Gasteiger charge is 2.20. The van der Waals surface area contributed by atoms with Crippen LogP contribution in [0.3, 0.4) is 0 Å². The molecule has 0 bridgehead atoms. The molecule has 0 spiro atoms. The maximum Gasteiger partial charge on any atom is 0.267 e. The fourth-order valence-corrected chi connectivity index (χ4v) is 4.59. The summed E-state index contributed by atoms with van der Waals surface area (Å²) in [5.41, 5.74) is 0.309. The molecule has 3 N–H and O–H groups in total. The van der Waals surface area contributed by atoms with Crippen molar-refractivity contribution < 1.29 is 38.0 Å². The molecule has 1 atom stereocenters. The molecular formula is C32H29F2N3O7. The van der Waals surface area contributed by atoms with Crippen LogP contribution in [0.15, 0.2) is 83.7 Å². The van der Waals surface area contributed by atoms with Crippen molar-refractivity contribution in [2.45, 2.75) is 13.3 Å². The standard InChI is InChI=1S/C32H29F2N3O7/c1-19-15-21(5-6-24(19)33)37-10-2-3-22(32(37)41)31(40)36-20-4-7-29(25(34)16-20)44-28-8-9-35-26-18-30(27(39)17-23(26)28)43-14-13-42-12-11-38/h2-10,16-19,38-39H,11-15H2,1H3,(H,36,40). The summed E-state index contributed by atoms with van der Waals surface area (Å²) in [6, 6.07) is 11.1. The molecule has 228 valence electrons. The lowest BCUT2D eigenvalue weighted by Crippen LogP contribution is -2.29. The van der Waals surface area contributed by atoms with E-state index in [0.717, 1.165) is 6.07 Å². The van der Waals surface area contributed by atoms with E-state index >= 15 is 4.39 Å². The fraction of sp³-hybridized carbons (Fsp3) is 0.219. The van der Waals surface area contributed by atoms with E-state index in [4.69, 9.17) is 19.3 Å². The lowest BCUT2D eigenvalue weighted by atomic mass is 9.99. The number of aliphatic hydroxyl groups excluding tert-OH is 1. The Kier molecular flexibility index (Phi) is 9.32. The number of amides is 1. The number of rotatable bonds is 11. The minimum Gasteiger partial charge on any atom is -0.504 e. The van der Waals surface area contributed by atoms with Crippen molar-refractivity contribution in [2.75, 3.05) is 31.7 Å². The number of carbonyl (C=O) groups is 1. The second-order valence-corrected chi connectivity index (χ2v) is 9.94. The van der Waals surface area contributed by atoms with Crippen molar-refractivity contribution in [3.05, 3.63) is 101 Å². The summed E-state index contributed by atoms with van der Waals surface area (Å²) in [5, 5.41) is 22.1. The first-order valence-corrected chi connectivity index (χ1v) is 13.8. The van der Waals surface area contributed by atoms with Crippen LogP contribution in [0.25, 0.3) is 16.6 Å². The van der Waals surface area contributed by atoms with E-state index in [1.54, 1.807) is 6.92 Å². The van der Waals surface area contributed by atoms with Crippen molar-refractivity contribution in [1.29, 1.82) is 0 Å². The number of phenols is 1. The van der Waals surface area contributed by atoms with Gasteiger partial charge in [0, 0.05) is 47.2 Å². The molecule has 0 aliphatic heterocycles. The van der Waals surface area contributed by atoms with Gasteiger partial charge < -0.3 is 29.7 Å². The van der Waals surface area contributed by atoms with E-state index in [9.17, 15) is 19.1 Å². The van der Waals surface area contributed by atoms with E-state index in [1.807, 2.05) is 0 Å². The first-order valence-electron chi connectivity index (χ1n) is 13.8. The molecule has 0 saturated heterocycles. The highest BCUT2D eigenvalue weighted by atomic mass is 19.1. The van der Waals surface area contributed by atoms with Crippen LogP contribution in [0.4, 0.5) is 14.5 Å². The third kappa shape index (κ3) is 6.77. The minimum atomic E-state index is -0.791. The first kappa shape index (κ1) is 30.4. The van der Waals surface area contributed by atoms with Crippen LogP contribution in [0.1, 0.15) is 23.7 Å². The van der Waals surface area contributed by atoms with Gasteiger partial charge in [0.2, 0.25) is 0 Å². The number of nitrogens with one attached hydrogen (secondary N) is 1. The number of hydrogen-bond donors (Lipinski definition) is 3. The molecule has 44 heavy (non-hydrogen) atoms. The quantitative estimate of drug-likeness (QED) is 0.194. The number of benzene rings is 2. The van der Waals surface area contributed by atoms with Crippen LogP contribution >= 0.6 is 0 Å². The average molecular weight is 606 g/mol. The number of aromatic hydroxyl groups is 1. The molecule has 0 fully saturated rings. The van der Waals surface area contributed by atoms with Gasteiger partial charge in [-0.1, -0.05) is 6.92 Å². The molecule has 1 aliphatic carbocycles. The molecule has 2 heterocycles. The zero-order chi connectivity index (χ0) is 31.2. The number of fused-ring (bicyclic) bond motifs is 1. The highest BCUT2D eigenvalue weighted by Crippen LogP contribution is 2.37. The predicted molar refractivity (Wildman–Crippen MR) is 159 cm³/mol. The average Bonchev–Trinajstić information content (AvgIpc) is 3.00. The number of allylic oxidation sites excluding steroid dienone is 4. The number of anilines is 1. The summed E-state index contributed by atoms with van der Waals surface area (Å²) in [7, 11) is 0. The van der Waals surface area contributed by atoms with Gasteiger partial charge in [-0.05, 0) is 55.0 Å². The fourth-order valence-electron chi connectivity index (χ4n) is 4.59. The molecule has 0 radical (unpaired) electrons. The highest BCUT2D eigenvalue weighted by molar-refractivity contribution is 6.04. The number of carbonyl (C=O) groups excluding carboxylic acids is 1. The van der Waals surface area contributed by atoms with Gasteiger partial charge in [0.15, 0.2) is 23.1 Å². The molecule has 2 aromatic heterocycles. The van der Waals surface area contributed by atoms with Crippen LogP contribution in [-0.4, -0.2) is 52.1 Å². The second kappa shape index (κ2) is 13.5. The number of aliphatic hydroxyl groups is 1. The van der Waals surface area contributed by atoms with Gasteiger partial charge in [-0.3, -0.25) is 19.1 Å². The Morgan fingerprint density at radius 1 is 1.07 bits per heavy atom. The van der Waals surface area contributed by atoms with Gasteiger partial charge in [0.1, 0.15) is 23.7 Å². The maximum absolute atomic E-state index is 15.1. The van der Waals surface area contributed by atoms with Crippen molar-refractivity contribution in [2.24, 2.45) is 5.92 Å². The third-order valence-electron chi connectivity index (χ3n) is 6.84. The van der Waals surface area contributed by atoms with E-state index in [-0.39, 0.29) is 72.4 Å². The summed E-state index contributed by atoms with van der Waals surface area (Å²) in [4.78, 5) is 30.3. The van der Waals surface area contributed by atoms with Crippen LogP contribution in [0.5, 0.6) is 23.0 Å². The second-order valence-electron chi connectivity index (χ2n) is 9.94. The van der Waals surface area contributed by atoms with Gasteiger partial charge in [0.25, 0.3) is 11.5 Å². The Morgan fingerprint density at radius 3 is 2.68 bits per heavy atom. The van der Waals surface area contributed by atoms with Crippen molar-refractivity contribution >= 4 is 28.2 Å². The van der Waals surface area contributed by atoms with Crippen LogP contribution in [0.2, 0.25) is 0 Å². The number of halogens is 2. The third-order valence-corrected chi connectivity index (χ3v) is 6.84. The number of phenolic OH excluding ortho intramolecular Hbond substituents is 1. The minimum absolute atomic E-state index is 0.0900. The van der Waals surface area contributed by atoms with Gasteiger partial charge in [-0.25, -0.2) is 8.78 Å². The van der Waals surface area contributed by atoms with E-state index in [2.05, 4.69) is 10.3 Å². The number of nitrogens with zero attached hydrogens (tertiary/aromatic N) is 2. The Morgan fingerprint density at radius 2 is 1.91 bits per heavy atom. The zero-order valence-electron chi connectivity index (χ0n) is 23.6. The smallest absolute Gasteiger partial charge is 0.267 e. The van der Waals surface area contributed by atoms with E-state index in [1.165, 1.54) is 71.6 Å². The molecule has 2 aromatic carbocycles. The SMILES string of the molecule is CC1CC(n2cccc(C(=O)Nc3ccc(Oc4ccnc5cc(OCCOCCO)c(O)cc45)c(F)c3)c2=O)=CC=C1F. The molecule has 12 heteroatoms. The van der Waals surface area contributed by atoms with Crippen LogP contribution < -0.4 is 20.3 Å².